The molecule has 0 N–H and O–H groups in total. The van der Waals surface area contributed by atoms with Gasteiger partial charge in [0.1, 0.15) is 10.7 Å². The Morgan fingerprint density at radius 3 is 2.31 bits per heavy atom. The molecule has 1 fully saturated rings. The van der Waals surface area contributed by atoms with Crippen molar-refractivity contribution in [2.75, 3.05) is 38.5 Å². The lowest BCUT2D eigenvalue weighted by molar-refractivity contribution is 0.197. The molecule has 0 atom stereocenters. The second-order valence-corrected chi connectivity index (χ2v) is 9.46. The predicted octanol–water partition coefficient (Wildman–Crippen LogP) is 3.58. The Labute approximate surface area is 163 Å². The second kappa shape index (κ2) is 8.71. The molecule has 0 spiro atoms. The molecule has 8 heteroatoms. The van der Waals surface area contributed by atoms with E-state index in [9.17, 15) is 12.8 Å². The van der Waals surface area contributed by atoms with E-state index in [2.05, 4.69) is 4.90 Å². The van der Waals surface area contributed by atoms with Gasteiger partial charge in [-0.2, -0.15) is 4.31 Å². The molecule has 0 amide bonds. The number of hydrogen-bond acceptors (Lipinski definition) is 4. The number of piperazine rings is 1. The summed E-state index contributed by atoms with van der Waals surface area (Å²) in [7, 11) is -3.55. The van der Waals surface area contributed by atoms with Crippen LogP contribution in [0.5, 0.6) is 0 Å². The molecule has 0 aliphatic carbocycles. The number of nitrogens with zero attached hydrogens (tertiary/aromatic N) is 2. The first-order valence-electron chi connectivity index (χ1n) is 8.32. The van der Waals surface area contributed by atoms with Gasteiger partial charge in [-0.15, -0.1) is 11.8 Å². The lowest BCUT2D eigenvalue weighted by atomic mass is 10.3. The van der Waals surface area contributed by atoms with Gasteiger partial charge >= 0.3 is 0 Å². The van der Waals surface area contributed by atoms with Crippen molar-refractivity contribution in [2.24, 2.45) is 0 Å². The molecule has 4 nitrogen and oxygen atoms in total. The van der Waals surface area contributed by atoms with Crippen LogP contribution in [0.4, 0.5) is 4.39 Å². The molecule has 2 aromatic carbocycles. The van der Waals surface area contributed by atoms with Gasteiger partial charge in [-0.05, 0) is 36.4 Å². The Hall–Kier alpha value is -1.12. The van der Waals surface area contributed by atoms with Crippen molar-refractivity contribution in [1.82, 2.24) is 9.21 Å². The summed E-state index contributed by atoms with van der Waals surface area (Å²) in [5, 5.41) is 0.255. The Kier molecular flexibility index (Phi) is 6.58. The highest BCUT2D eigenvalue weighted by atomic mass is 35.5. The number of halogens is 2. The maximum absolute atomic E-state index is 12.9. The third-order valence-electron chi connectivity index (χ3n) is 4.28. The van der Waals surface area contributed by atoms with E-state index in [1.165, 1.54) is 16.4 Å². The van der Waals surface area contributed by atoms with Crippen LogP contribution in [-0.2, 0) is 10.0 Å². The molecule has 1 aliphatic rings. The standard InChI is InChI=1S/C18H20ClFN2O2S2/c19-17-3-1-2-4-18(17)26(23,24)22-11-9-21(10-12-22)13-14-25-16-7-5-15(20)6-8-16/h1-8H,9-14H2. The molecule has 1 heterocycles. The van der Waals surface area contributed by atoms with Crippen molar-refractivity contribution in [2.45, 2.75) is 9.79 Å². The largest absolute Gasteiger partial charge is 0.300 e. The van der Waals surface area contributed by atoms with E-state index < -0.39 is 10.0 Å². The van der Waals surface area contributed by atoms with Crippen molar-refractivity contribution in [3.8, 4) is 0 Å². The minimum Gasteiger partial charge on any atom is -0.300 e. The van der Waals surface area contributed by atoms with Crippen LogP contribution in [-0.4, -0.2) is 56.1 Å². The van der Waals surface area contributed by atoms with Crippen LogP contribution in [0.15, 0.2) is 58.3 Å². The first-order chi connectivity index (χ1) is 12.5. The highest BCUT2D eigenvalue weighted by molar-refractivity contribution is 7.99. The molecular formula is C18H20ClFN2O2S2. The van der Waals surface area contributed by atoms with Crippen LogP contribution >= 0.6 is 23.4 Å². The van der Waals surface area contributed by atoms with Crippen LogP contribution in [0.25, 0.3) is 0 Å². The molecule has 0 radical (unpaired) electrons. The topological polar surface area (TPSA) is 40.6 Å². The summed E-state index contributed by atoms with van der Waals surface area (Å²) in [4.78, 5) is 3.45. The van der Waals surface area contributed by atoms with Crippen LogP contribution in [0, 0.1) is 5.82 Å². The van der Waals surface area contributed by atoms with E-state index in [4.69, 9.17) is 11.6 Å². The predicted molar refractivity (Wildman–Crippen MR) is 104 cm³/mol. The molecule has 3 rings (SSSR count). The van der Waals surface area contributed by atoms with Gasteiger partial charge in [0.15, 0.2) is 0 Å². The summed E-state index contributed by atoms with van der Waals surface area (Å²) in [6, 6.07) is 13.0. The third kappa shape index (κ3) is 4.78. The van der Waals surface area contributed by atoms with Gasteiger partial charge in [0.05, 0.1) is 5.02 Å². The maximum Gasteiger partial charge on any atom is 0.244 e. The van der Waals surface area contributed by atoms with Gasteiger partial charge in [-0.3, -0.25) is 4.90 Å². The fourth-order valence-electron chi connectivity index (χ4n) is 2.81. The number of hydrogen-bond donors (Lipinski definition) is 0. The fourth-order valence-corrected chi connectivity index (χ4v) is 5.64. The highest BCUT2D eigenvalue weighted by Gasteiger charge is 2.29. The van der Waals surface area contributed by atoms with E-state index in [-0.39, 0.29) is 15.7 Å². The van der Waals surface area contributed by atoms with Gasteiger partial charge in [-0.25, -0.2) is 12.8 Å². The second-order valence-electron chi connectivity index (χ2n) is 5.98. The lowest BCUT2D eigenvalue weighted by Crippen LogP contribution is -2.49. The van der Waals surface area contributed by atoms with E-state index in [1.54, 1.807) is 48.2 Å². The van der Waals surface area contributed by atoms with Crippen LogP contribution in [0.2, 0.25) is 5.02 Å². The Morgan fingerprint density at radius 2 is 1.65 bits per heavy atom. The van der Waals surface area contributed by atoms with Gasteiger partial charge in [0.2, 0.25) is 10.0 Å². The van der Waals surface area contributed by atoms with E-state index in [0.717, 1.165) is 17.2 Å². The molecule has 1 aliphatic heterocycles. The summed E-state index contributed by atoms with van der Waals surface area (Å²) in [5.41, 5.74) is 0. The molecule has 0 bridgehead atoms. The van der Waals surface area contributed by atoms with E-state index >= 15 is 0 Å². The molecule has 26 heavy (non-hydrogen) atoms. The first kappa shape index (κ1) is 19.6. The van der Waals surface area contributed by atoms with E-state index in [0.29, 0.717) is 26.2 Å². The first-order valence-corrected chi connectivity index (χ1v) is 11.1. The number of rotatable bonds is 6. The highest BCUT2D eigenvalue weighted by Crippen LogP contribution is 2.25. The Morgan fingerprint density at radius 1 is 1.00 bits per heavy atom. The van der Waals surface area contributed by atoms with Crippen molar-refractivity contribution in [1.29, 1.82) is 0 Å². The summed E-state index contributed by atoms with van der Waals surface area (Å²) in [6.45, 7) is 3.15. The average Bonchev–Trinajstić information content (AvgIpc) is 2.64. The Balaban J connectivity index is 1.49. The number of sulfonamides is 1. The average molecular weight is 415 g/mol. The summed E-state index contributed by atoms with van der Waals surface area (Å²) < 4.78 is 39.9. The molecule has 0 unspecified atom stereocenters. The quantitative estimate of drug-likeness (QED) is 0.677. The van der Waals surface area contributed by atoms with E-state index in [1.807, 2.05) is 0 Å². The molecule has 2 aromatic rings. The SMILES string of the molecule is O=S(=O)(c1ccccc1Cl)N1CCN(CCSc2ccc(F)cc2)CC1. The summed E-state index contributed by atoms with van der Waals surface area (Å²) in [5.74, 6) is 0.647. The molecule has 140 valence electrons. The van der Waals surface area contributed by atoms with Gasteiger partial charge in [-0.1, -0.05) is 23.7 Å². The van der Waals surface area contributed by atoms with Gasteiger partial charge < -0.3 is 0 Å². The molecule has 1 saturated heterocycles. The zero-order valence-corrected chi connectivity index (χ0v) is 16.5. The Bertz CT molecular complexity index is 839. The van der Waals surface area contributed by atoms with Crippen LogP contribution in [0.3, 0.4) is 0 Å². The van der Waals surface area contributed by atoms with Crippen LogP contribution < -0.4 is 0 Å². The lowest BCUT2D eigenvalue weighted by Gasteiger charge is -2.34. The molecular weight excluding hydrogens is 395 g/mol. The normalized spacial score (nSPS) is 16.7. The van der Waals surface area contributed by atoms with Crippen molar-refractivity contribution in [3.05, 3.63) is 59.4 Å². The molecule has 0 aromatic heterocycles. The number of thioether (sulfide) groups is 1. The maximum atomic E-state index is 12.9. The van der Waals surface area contributed by atoms with Crippen molar-refractivity contribution in [3.63, 3.8) is 0 Å². The van der Waals surface area contributed by atoms with Gasteiger partial charge in [0.25, 0.3) is 0 Å². The van der Waals surface area contributed by atoms with Crippen molar-refractivity contribution < 1.29 is 12.8 Å². The third-order valence-corrected chi connectivity index (χ3v) is 7.67. The van der Waals surface area contributed by atoms with Gasteiger partial charge in [0, 0.05) is 43.4 Å². The van der Waals surface area contributed by atoms with Crippen molar-refractivity contribution >= 4 is 33.4 Å². The number of benzene rings is 2. The minimum atomic E-state index is -3.55. The fraction of sp³-hybridized carbons (Fsp3) is 0.333. The zero-order valence-electron chi connectivity index (χ0n) is 14.1. The smallest absolute Gasteiger partial charge is 0.244 e. The monoisotopic (exact) mass is 414 g/mol. The minimum absolute atomic E-state index is 0.169. The summed E-state index contributed by atoms with van der Waals surface area (Å²) in [6.07, 6.45) is 0. The molecule has 0 saturated carbocycles. The van der Waals surface area contributed by atoms with Crippen LogP contribution in [0.1, 0.15) is 0 Å². The summed E-state index contributed by atoms with van der Waals surface area (Å²) >= 11 is 7.72. The zero-order chi connectivity index (χ0) is 18.6.